The number of likely N-dealkylation sites (N-methyl/N-ethyl adjacent to an activating group) is 1. The SMILES string of the molecule is CCN(CC(=O)O)C1CC(NC(=O)Nc2cc(Cl)c(Cl)cc2OC)C1. The summed E-state index contributed by atoms with van der Waals surface area (Å²) in [6.07, 6.45) is 1.43. The van der Waals surface area contributed by atoms with Crippen LogP contribution in [0.4, 0.5) is 10.5 Å². The fourth-order valence-corrected chi connectivity index (χ4v) is 3.13. The summed E-state index contributed by atoms with van der Waals surface area (Å²) >= 11 is 11.9. The second-order valence-electron chi connectivity index (χ2n) is 5.84. The number of urea groups is 1. The third kappa shape index (κ3) is 5.14. The van der Waals surface area contributed by atoms with Gasteiger partial charge in [0.05, 0.1) is 29.4 Å². The lowest BCUT2D eigenvalue weighted by atomic mass is 9.85. The van der Waals surface area contributed by atoms with Crippen LogP contribution in [0.3, 0.4) is 0 Å². The molecule has 9 heteroatoms. The van der Waals surface area contributed by atoms with Crippen molar-refractivity contribution < 1.29 is 19.4 Å². The molecule has 0 bridgehead atoms. The molecule has 1 aromatic rings. The van der Waals surface area contributed by atoms with E-state index in [0.717, 1.165) is 0 Å². The smallest absolute Gasteiger partial charge is 0.319 e. The van der Waals surface area contributed by atoms with E-state index in [1.54, 1.807) is 0 Å². The molecule has 0 saturated heterocycles. The van der Waals surface area contributed by atoms with Crippen LogP contribution >= 0.6 is 23.2 Å². The average Bonchev–Trinajstić information content (AvgIpc) is 2.51. The number of carbonyl (C=O) groups is 2. The normalized spacial score (nSPS) is 19.2. The van der Waals surface area contributed by atoms with E-state index in [1.807, 2.05) is 11.8 Å². The van der Waals surface area contributed by atoms with Crippen LogP contribution in [0.15, 0.2) is 12.1 Å². The molecule has 0 atom stereocenters. The van der Waals surface area contributed by atoms with Crippen LogP contribution in [-0.2, 0) is 4.79 Å². The van der Waals surface area contributed by atoms with Crippen LogP contribution in [0, 0.1) is 0 Å². The summed E-state index contributed by atoms with van der Waals surface area (Å²) in [5.74, 6) is -0.433. The van der Waals surface area contributed by atoms with Crippen molar-refractivity contribution in [3.63, 3.8) is 0 Å². The number of hydrogen-bond donors (Lipinski definition) is 3. The van der Waals surface area contributed by atoms with Gasteiger partial charge in [0, 0.05) is 18.2 Å². The van der Waals surface area contributed by atoms with Gasteiger partial charge in [-0.1, -0.05) is 30.1 Å². The Morgan fingerprint density at radius 2 is 1.96 bits per heavy atom. The second-order valence-corrected chi connectivity index (χ2v) is 6.66. The maximum absolute atomic E-state index is 12.1. The van der Waals surface area contributed by atoms with Crippen molar-refractivity contribution in [3.8, 4) is 5.75 Å². The maximum atomic E-state index is 12.1. The van der Waals surface area contributed by atoms with Crippen molar-refractivity contribution in [1.82, 2.24) is 10.2 Å². The van der Waals surface area contributed by atoms with Crippen molar-refractivity contribution in [2.24, 2.45) is 0 Å². The molecule has 0 aromatic heterocycles. The van der Waals surface area contributed by atoms with Gasteiger partial charge in [-0.2, -0.15) is 0 Å². The Hall–Kier alpha value is -1.70. The number of methoxy groups -OCH3 is 1. The number of carboxylic acids is 1. The number of halogens is 2. The summed E-state index contributed by atoms with van der Waals surface area (Å²) in [7, 11) is 1.47. The fourth-order valence-electron chi connectivity index (χ4n) is 2.82. The first-order valence-corrected chi connectivity index (χ1v) is 8.66. The summed E-state index contributed by atoms with van der Waals surface area (Å²) in [6.45, 7) is 2.60. The first-order valence-electron chi connectivity index (χ1n) is 7.90. The van der Waals surface area contributed by atoms with Crippen LogP contribution in [-0.4, -0.2) is 54.3 Å². The van der Waals surface area contributed by atoms with E-state index in [1.165, 1.54) is 19.2 Å². The first kappa shape index (κ1) is 19.6. The minimum absolute atomic E-state index is 0.00149. The van der Waals surface area contributed by atoms with Crippen molar-refractivity contribution in [3.05, 3.63) is 22.2 Å². The zero-order chi connectivity index (χ0) is 18.6. The third-order valence-electron chi connectivity index (χ3n) is 4.20. The van der Waals surface area contributed by atoms with Crippen LogP contribution in [0.5, 0.6) is 5.75 Å². The summed E-state index contributed by atoms with van der Waals surface area (Å²) < 4.78 is 5.18. The van der Waals surface area contributed by atoms with Gasteiger partial charge in [0.25, 0.3) is 0 Å². The van der Waals surface area contributed by atoms with E-state index >= 15 is 0 Å². The first-order chi connectivity index (χ1) is 11.8. The zero-order valence-corrected chi connectivity index (χ0v) is 15.5. The highest BCUT2D eigenvalue weighted by Crippen LogP contribution is 2.34. The summed E-state index contributed by atoms with van der Waals surface area (Å²) in [6, 6.07) is 2.86. The number of aliphatic carboxylic acids is 1. The van der Waals surface area contributed by atoms with Gasteiger partial charge in [-0.15, -0.1) is 0 Å². The van der Waals surface area contributed by atoms with Gasteiger partial charge in [-0.05, 0) is 25.5 Å². The third-order valence-corrected chi connectivity index (χ3v) is 4.92. The molecule has 0 unspecified atom stereocenters. The van der Waals surface area contributed by atoms with E-state index in [9.17, 15) is 9.59 Å². The molecule has 1 saturated carbocycles. The molecule has 2 amide bonds. The molecule has 25 heavy (non-hydrogen) atoms. The molecule has 1 fully saturated rings. The molecule has 7 nitrogen and oxygen atoms in total. The molecule has 0 spiro atoms. The lowest BCUT2D eigenvalue weighted by Gasteiger charge is -2.42. The molecular weight excluding hydrogens is 369 g/mol. The summed E-state index contributed by atoms with van der Waals surface area (Å²) in [5, 5.41) is 15.1. The van der Waals surface area contributed by atoms with E-state index in [0.29, 0.717) is 40.9 Å². The molecule has 0 heterocycles. The van der Waals surface area contributed by atoms with Gasteiger partial charge in [-0.25, -0.2) is 4.79 Å². The van der Waals surface area contributed by atoms with E-state index in [4.69, 9.17) is 33.0 Å². The highest BCUT2D eigenvalue weighted by Gasteiger charge is 2.34. The molecule has 138 valence electrons. The number of nitrogens with zero attached hydrogens (tertiary/aromatic N) is 1. The van der Waals surface area contributed by atoms with E-state index in [-0.39, 0.29) is 24.7 Å². The number of hydrogen-bond acceptors (Lipinski definition) is 4. The number of rotatable bonds is 7. The van der Waals surface area contributed by atoms with Crippen molar-refractivity contribution in [2.75, 3.05) is 25.5 Å². The molecule has 1 aliphatic rings. The maximum Gasteiger partial charge on any atom is 0.319 e. The number of anilines is 1. The van der Waals surface area contributed by atoms with Crippen LogP contribution < -0.4 is 15.4 Å². The molecule has 1 aliphatic carbocycles. The molecule has 2 rings (SSSR count). The average molecular weight is 390 g/mol. The van der Waals surface area contributed by atoms with Crippen LogP contribution in [0.1, 0.15) is 19.8 Å². The molecule has 0 aliphatic heterocycles. The number of carboxylic acid groups (broad SMARTS) is 1. The quantitative estimate of drug-likeness (QED) is 0.666. The minimum Gasteiger partial charge on any atom is -0.495 e. The predicted molar refractivity (Wildman–Crippen MR) is 96.9 cm³/mol. The van der Waals surface area contributed by atoms with Gasteiger partial charge in [0.2, 0.25) is 0 Å². The van der Waals surface area contributed by atoms with Gasteiger partial charge >= 0.3 is 12.0 Å². The van der Waals surface area contributed by atoms with Gasteiger partial charge in [-0.3, -0.25) is 9.69 Å². The Morgan fingerprint density at radius 3 is 2.52 bits per heavy atom. The molecule has 3 N–H and O–H groups in total. The Bertz CT molecular complexity index is 651. The van der Waals surface area contributed by atoms with Crippen molar-refractivity contribution >= 4 is 40.9 Å². The van der Waals surface area contributed by atoms with Crippen molar-refractivity contribution in [2.45, 2.75) is 31.8 Å². The van der Waals surface area contributed by atoms with Gasteiger partial charge in [0.15, 0.2) is 0 Å². The zero-order valence-electron chi connectivity index (χ0n) is 14.0. The van der Waals surface area contributed by atoms with Crippen molar-refractivity contribution in [1.29, 1.82) is 0 Å². The van der Waals surface area contributed by atoms with E-state index < -0.39 is 5.97 Å². The van der Waals surface area contributed by atoms with E-state index in [2.05, 4.69) is 10.6 Å². The lowest BCUT2D eigenvalue weighted by Crippen LogP contribution is -2.55. The predicted octanol–water partition coefficient (Wildman–Crippen LogP) is 3.06. The monoisotopic (exact) mass is 389 g/mol. The topological polar surface area (TPSA) is 90.9 Å². The lowest BCUT2D eigenvalue weighted by molar-refractivity contribution is -0.139. The highest BCUT2D eigenvalue weighted by molar-refractivity contribution is 6.42. The number of ether oxygens (including phenoxy) is 1. The summed E-state index contributed by atoms with van der Waals surface area (Å²) in [4.78, 5) is 24.9. The van der Waals surface area contributed by atoms with Gasteiger partial charge in [0.1, 0.15) is 5.75 Å². The number of amides is 2. The minimum atomic E-state index is -0.845. The number of carbonyl (C=O) groups excluding carboxylic acids is 1. The Morgan fingerprint density at radius 1 is 1.32 bits per heavy atom. The Kier molecular flexibility index (Phi) is 6.75. The van der Waals surface area contributed by atoms with Crippen LogP contribution in [0.25, 0.3) is 0 Å². The van der Waals surface area contributed by atoms with Crippen LogP contribution in [0.2, 0.25) is 10.0 Å². The highest BCUT2D eigenvalue weighted by atomic mass is 35.5. The molecule has 1 aromatic carbocycles. The Labute approximate surface area is 156 Å². The number of nitrogens with one attached hydrogen (secondary N) is 2. The number of benzene rings is 1. The fraction of sp³-hybridized carbons (Fsp3) is 0.500. The summed E-state index contributed by atoms with van der Waals surface area (Å²) in [5.41, 5.74) is 0.423. The molecular formula is C16H21Cl2N3O4. The standard InChI is InChI=1S/C16H21Cl2N3O4/c1-3-21(8-15(22)23)10-4-9(5-10)19-16(24)20-13-6-11(17)12(18)7-14(13)25-2/h6-7,9-10H,3-5,8H2,1-2H3,(H,22,23)(H2,19,20,24). The van der Waals surface area contributed by atoms with Gasteiger partial charge < -0.3 is 20.5 Å². The largest absolute Gasteiger partial charge is 0.495 e. The molecule has 0 radical (unpaired) electrons. The Balaban J connectivity index is 1.86. The second kappa shape index (κ2) is 8.60.